The maximum Gasteiger partial charge on any atom is 0.323 e. The first-order valence-corrected chi connectivity index (χ1v) is 8.76. The van der Waals surface area contributed by atoms with Crippen LogP contribution in [0.5, 0.6) is 0 Å². The number of carbonyl (C=O) groups is 2. The van der Waals surface area contributed by atoms with Crippen molar-refractivity contribution in [3.63, 3.8) is 0 Å². The number of benzene rings is 1. The Morgan fingerprint density at radius 2 is 1.79 bits per heavy atom. The zero-order valence-electron chi connectivity index (χ0n) is 14.3. The third-order valence-corrected chi connectivity index (χ3v) is 4.63. The van der Waals surface area contributed by atoms with Crippen LogP contribution >= 0.6 is 11.3 Å². The predicted molar refractivity (Wildman–Crippen MR) is 95.4 cm³/mol. The first-order chi connectivity index (χ1) is 11.3. The van der Waals surface area contributed by atoms with E-state index in [1.54, 1.807) is 19.2 Å². The molecule has 0 spiro atoms. The van der Waals surface area contributed by atoms with Crippen LogP contribution in [0, 0.1) is 0 Å². The number of carboxylic acids is 1. The molecule has 0 aliphatic carbocycles. The average Bonchev–Trinajstić information content (AvgIpc) is 3.01. The minimum atomic E-state index is -1.03. The maximum absolute atomic E-state index is 12.5. The highest BCUT2D eigenvalue weighted by Crippen LogP contribution is 2.26. The highest BCUT2D eigenvalue weighted by atomic mass is 32.1. The van der Waals surface area contributed by atoms with Crippen LogP contribution in [0.25, 0.3) is 10.6 Å². The van der Waals surface area contributed by atoms with Crippen LogP contribution in [0.2, 0.25) is 0 Å². The highest BCUT2D eigenvalue weighted by Gasteiger charge is 2.23. The van der Waals surface area contributed by atoms with Gasteiger partial charge in [0.2, 0.25) is 0 Å². The Kier molecular flexibility index (Phi) is 5.72. The van der Waals surface area contributed by atoms with Crippen molar-refractivity contribution < 1.29 is 14.7 Å². The number of hydrogen-bond donors (Lipinski definition) is 1. The predicted octanol–water partition coefficient (Wildman–Crippen LogP) is 3.87. The normalized spacial score (nSPS) is 11.1. The Bertz CT molecular complexity index is 720. The second-order valence-corrected chi connectivity index (χ2v) is 7.09. The van der Waals surface area contributed by atoms with Crippen LogP contribution in [0.1, 0.15) is 49.7 Å². The quantitative estimate of drug-likeness (QED) is 0.862. The lowest BCUT2D eigenvalue weighted by Crippen LogP contribution is -2.40. The topological polar surface area (TPSA) is 70.5 Å². The van der Waals surface area contributed by atoms with Gasteiger partial charge in [-0.2, -0.15) is 0 Å². The minimum absolute atomic E-state index is 0.205. The van der Waals surface area contributed by atoms with Crippen LogP contribution in [-0.2, 0) is 4.79 Å². The summed E-state index contributed by atoms with van der Waals surface area (Å²) >= 11 is 1.39. The van der Waals surface area contributed by atoms with Crippen molar-refractivity contribution in [1.82, 2.24) is 9.88 Å². The molecule has 1 N–H and O–H groups in total. The van der Waals surface area contributed by atoms with Crippen molar-refractivity contribution in [3.8, 4) is 10.6 Å². The van der Waals surface area contributed by atoms with Crippen LogP contribution in [-0.4, -0.2) is 39.5 Å². The smallest absolute Gasteiger partial charge is 0.323 e. The number of rotatable bonds is 6. The summed E-state index contributed by atoms with van der Waals surface area (Å²) < 4.78 is 0. The lowest BCUT2D eigenvalue weighted by Gasteiger charge is -2.23. The van der Waals surface area contributed by atoms with E-state index in [2.05, 4.69) is 31.0 Å². The van der Waals surface area contributed by atoms with E-state index in [9.17, 15) is 9.59 Å². The first-order valence-electron chi connectivity index (χ1n) is 7.88. The van der Waals surface area contributed by atoms with E-state index < -0.39 is 5.97 Å². The molecule has 1 aromatic heterocycles. The molecule has 0 radical (unpaired) electrons. The van der Waals surface area contributed by atoms with Gasteiger partial charge >= 0.3 is 5.97 Å². The molecule has 0 atom stereocenters. The first kappa shape index (κ1) is 18.1. The largest absolute Gasteiger partial charge is 0.480 e. The number of nitrogens with zero attached hydrogens (tertiary/aromatic N) is 2. The van der Waals surface area contributed by atoms with E-state index in [0.29, 0.717) is 5.92 Å². The molecular formula is C18H22N2O3S. The summed E-state index contributed by atoms with van der Waals surface area (Å²) in [6, 6.07) is 7.92. The van der Waals surface area contributed by atoms with Crippen molar-refractivity contribution in [3.05, 3.63) is 40.9 Å². The lowest BCUT2D eigenvalue weighted by atomic mass is 10.0. The van der Waals surface area contributed by atoms with Crippen molar-refractivity contribution in [2.24, 2.45) is 0 Å². The monoisotopic (exact) mass is 346 g/mol. The molecule has 0 bridgehead atoms. The molecule has 2 rings (SSSR count). The lowest BCUT2D eigenvalue weighted by molar-refractivity contribution is -0.138. The van der Waals surface area contributed by atoms with Crippen LogP contribution in [0.3, 0.4) is 0 Å². The van der Waals surface area contributed by atoms with Gasteiger partial charge in [0, 0.05) is 17.0 Å². The Labute approximate surface area is 146 Å². The van der Waals surface area contributed by atoms with Gasteiger partial charge in [0.25, 0.3) is 5.91 Å². The van der Waals surface area contributed by atoms with Gasteiger partial charge in [-0.1, -0.05) is 38.1 Å². The van der Waals surface area contributed by atoms with E-state index in [4.69, 9.17) is 5.11 Å². The van der Waals surface area contributed by atoms with Gasteiger partial charge in [0.05, 0.1) is 0 Å². The molecular weight excluding hydrogens is 324 g/mol. The van der Waals surface area contributed by atoms with Gasteiger partial charge in [0.15, 0.2) is 0 Å². The molecule has 0 saturated carbocycles. The van der Waals surface area contributed by atoms with Gasteiger partial charge in [-0.3, -0.25) is 9.59 Å². The SMILES string of the molecule is CC(C)c1ccc(-c2nc(C(=O)N(CC(=O)O)C(C)C)cs2)cc1. The van der Waals surface area contributed by atoms with E-state index in [1.807, 2.05) is 12.1 Å². The average molecular weight is 346 g/mol. The van der Waals surface area contributed by atoms with Gasteiger partial charge in [-0.05, 0) is 25.3 Å². The van der Waals surface area contributed by atoms with Crippen molar-refractivity contribution in [2.45, 2.75) is 39.7 Å². The van der Waals surface area contributed by atoms with E-state index in [0.717, 1.165) is 10.6 Å². The maximum atomic E-state index is 12.5. The minimum Gasteiger partial charge on any atom is -0.480 e. The van der Waals surface area contributed by atoms with Crippen LogP contribution < -0.4 is 0 Å². The zero-order chi connectivity index (χ0) is 17.9. The van der Waals surface area contributed by atoms with E-state index >= 15 is 0 Å². The fourth-order valence-corrected chi connectivity index (χ4v) is 3.10. The third-order valence-electron chi connectivity index (χ3n) is 3.74. The van der Waals surface area contributed by atoms with Crippen LogP contribution in [0.15, 0.2) is 29.6 Å². The molecule has 0 aliphatic rings. The Balaban J connectivity index is 2.22. The van der Waals surface area contributed by atoms with Crippen molar-refractivity contribution >= 4 is 23.2 Å². The summed E-state index contributed by atoms with van der Waals surface area (Å²) in [4.78, 5) is 29.2. The standard InChI is InChI=1S/C18H22N2O3S/c1-11(2)13-5-7-14(8-6-13)17-19-15(10-24-17)18(23)20(12(3)4)9-16(21)22/h5-8,10-12H,9H2,1-4H3,(H,21,22). The van der Waals surface area contributed by atoms with Crippen molar-refractivity contribution in [1.29, 1.82) is 0 Å². The number of aromatic nitrogens is 1. The summed E-state index contributed by atoms with van der Waals surface area (Å²) in [5, 5.41) is 11.4. The van der Waals surface area contributed by atoms with Crippen LogP contribution in [0.4, 0.5) is 0 Å². The highest BCUT2D eigenvalue weighted by molar-refractivity contribution is 7.13. The third kappa shape index (κ3) is 4.20. The number of thiazole rings is 1. The Hall–Kier alpha value is -2.21. The fraction of sp³-hybridized carbons (Fsp3) is 0.389. The van der Waals surface area contributed by atoms with E-state index in [1.165, 1.54) is 21.8 Å². The molecule has 5 nitrogen and oxygen atoms in total. The van der Waals surface area contributed by atoms with Crippen molar-refractivity contribution in [2.75, 3.05) is 6.54 Å². The molecule has 1 aromatic carbocycles. The molecule has 0 aliphatic heterocycles. The zero-order valence-corrected chi connectivity index (χ0v) is 15.1. The summed E-state index contributed by atoms with van der Waals surface area (Å²) in [5.41, 5.74) is 2.50. The number of aliphatic carboxylic acids is 1. The summed E-state index contributed by atoms with van der Waals surface area (Å²) in [6.45, 7) is 7.53. The Morgan fingerprint density at radius 1 is 1.17 bits per heavy atom. The van der Waals surface area contributed by atoms with Gasteiger partial charge < -0.3 is 10.0 Å². The van der Waals surface area contributed by atoms with Gasteiger partial charge in [0.1, 0.15) is 17.2 Å². The summed E-state index contributed by atoms with van der Waals surface area (Å²) in [6.07, 6.45) is 0. The molecule has 1 heterocycles. The number of carboxylic acid groups (broad SMARTS) is 1. The second kappa shape index (κ2) is 7.57. The molecule has 1 amide bonds. The summed E-state index contributed by atoms with van der Waals surface area (Å²) in [5.74, 6) is -0.923. The molecule has 24 heavy (non-hydrogen) atoms. The molecule has 2 aromatic rings. The Morgan fingerprint density at radius 3 is 2.29 bits per heavy atom. The summed E-state index contributed by atoms with van der Waals surface area (Å²) in [7, 11) is 0. The molecule has 0 saturated heterocycles. The van der Waals surface area contributed by atoms with Gasteiger partial charge in [-0.15, -0.1) is 11.3 Å². The number of hydrogen-bond acceptors (Lipinski definition) is 4. The van der Waals surface area contributed by atoms with Gasteiger partial charge in [-0.25, -0.2) is 4.98 Å². The molecule has 6 heteroatoms. The molecule has 0 fully saturated rings. The molecule has 128 valence electrons. The molecule has 0 unspecified atom stereocenters. The van der Waals surface area contributed by atoms with E-state index in [-0.39, 0.29) is 24.2 Å². The number of carbonyl (C=O) groups excluding carboxylic acids is 1. The fourth-order valence-electron chi connectivity index (χ4n) is 2.30. The second-order valence-electron chi connectivity index (χ2n) is 6.24. The number of amides is 1.